The Kier molecular flexibility index (Phi) is 5.48. The number of nitrogens with one attached hydrogen (secondary N) is 1. The summed E-state index contributed by atoms with van der Waals surface area (Å²) in [5.41, 5.74) is 2.74. The fourth-order valence-corrected chi connectivity index (χ4v) is 7.38. The second-order valence-corrected chi connectivity index (χ2v) is 12.8. The Labute approximate surface area is 199 Å². The number of hydrogen-bond acceptors (Lipinski definition) is 4. The second-order valence-electron chi connectivity index (χ2n) is 10.1. The van der Waals surface area contributed by atoms with Crippen LogP contribution in [0, 0.1) is 11.8 Å². The van der Waals surface area contributed by atoms with Crippen molar-refractivity contribution in [3.8, 4) is 0 Å². The van der Waals surface area contributed by atoms with Gasteiger partial charge in [0.2, 0.25) is 10.0 Å². The minimum Gasteiger partial charge on any atom is -0.389 e. The standard InChI is InChI=1S/C25H31BrN2O3S/c1-3-25(19-5-4-6-21(11-19)27-32(2,30)31)22-14-28(15-23(22)25)16-24(29)12-18(13-24)17-7-9-20(26)10-8-17/h4-11,18,22-23,27,29H,3,12-16H2,1-2H3/t18?,22-,23+,24?,25?. The molecule has 2 saturated carbocycles. The molecular formula is C25H31BrN2O3S. The molecule has 32 heavy (non-hydrogen) atoms. The number of likely N-dealkylation sites (tertiary alicyclic amines) is 1. The maximum absolute atomic E-state index is 11.6. The first-order valence-corrected chi connectivity index (χ1v) is 14.1. The van der Waals surface area contributed by atoms with Crippen molar-refractivity contribution in [3.05, 3.63) is 64.1 Å². The van der Waals surface area contributed by atoms with Crippen molar-refractivity contribution < 1.29 is 13.5 Å². The van der Waals surface area contributed by atoms with Gasteiger partial charge >= 0.3 is 0 Å². The highest BCUT2D eigenvalue weighted by Gasteiger charge is 2.67. The molecule has 2 aromatic rings. The molecule has 3 atom stereocenters. The van der Waals surface area contributed by atoms with Crippen molar-refractivity contribution in [1.29, 1.82) is 0 Å². The Morgan fingerprint density at radius 3 is 2.38 bits per heavy atom. The van der Waals surface area contributed by atoms with Gasteiger partial charge in [-0.05, 0) is 72.4 Å². The fraction of sp³-hybridized carbons (Fsp3) is 0.520. The van der Waals surface area contributed by atoms with Gasteiger partial charge in [0.05, 0.1) is 11.9 Å². The summed E-state index contributed by atoms with van der Waals surface area (Å²) in [6.07, 6.45) is 3.90. The zero-order valence-electron chi connectivity index (χ0n) is 18.6. The van der Waals surface area contributed by atoms with Gasteiger partial charge in [-0.2, -0.15) is 0 Å². The predicted octanol–water partition coefficient (Wildman–Crippen LogP) is 4.34. The van der Waals surface area contributed by atoms with Gasteiger partial charge < -0.3 is 5.11 Å². The molecule has 1 heterocycles. The lowest BCUT2D eigenvalue weighted by atomic mass is 9.67. The Balaban J connectivity index is 1.21. The van der Waals surface area contributed by atoms with E-state index in [1.807, 2.05) is 18.2 Å². The average molecular weight is 520 g/mol. The molecule has 7 heteroatoms. The smallest absolute Gasteiger partial charge is 0.229 e. The summed E-state index contributed by atoms with van der Waals surface area (Å²) in [4.78, 5) is 2.44. The molecule has 0 aromatic heterocycles. The zero-order valence-corrected chi connectivity index (χ0v) is 21.0. The number of sulfonamides is 1. The second kappa shape index (κ2) is 7.83. The number of halogens is 1. The third-order valence-electron chi connectivity index (χ3n) is 8.01. The van der Waals surface area contributed by atoms with E-state index in [-0.39, 0.29) is 5.41 Å². The molecule has 0 bridgehead atoms. The first-order chi connectivity index (χ1) is 15.1. The summed E-state index contributed by atoms with van der Waals surface area (Å²) in [5, 5.41) is 11.1. The largest absolute Gasteiger partial charge is 0.389 e. The Morgan fingerprint density at radius 1 is 1.12 bits per heavy atom. The van der Waals surface area contributed by atoms with Crippen LogP contribution in [0.2, 0.25) is 0 Å². The Morgan fingerprint density at radius 2 is 1.78 bits per heavy atom. The van der Waals surface area contributed by atoms with E-state index in [2.05, 4.69) is 62.8 Å². The van der Waals surface area contributed by atoms with Crippen molar-refractivity contribution in [2.24, 2.45) is 11.8 Å². The van der Waals surface area contributed by atoms with Gasteiger partial charge in [0.25, 0.3) is 0 Å². The summed E-state index contributed by atoms with van der Waals surface area (Å²) in [5.74, 6) is 1.60. The Hall–Kier alpha value is -1.41. The zero-order chi connectivity index (χ0) is 22.7. The number of β-amino-alcohol motifs (C(OH)–C–C–N with tert-alkyl or cyclic N) is 1. The molecule has 1 unspecified atom stereocenters. The average Bonchev–Trinajstić information content (AvgIpc) is 3.09. The number of hydrogen-bond donors (Lipinski definition) is 2. The van der Waals surface area contributed by atoms with E-state index in [0.29, 0.717) is 23.4 Å². The molecule has 1 saturated heterocycles. The van der Waals surface area contributed by atoms with Crippen LogP contribution in [0.4, 0.5) is 5.69 Å². The highest BCUT2D eigenvalue weighted by molar-refractivity contribution is 9.10. The van der Waals surface area contributed by atoms with Crippen molar-refractivity contribution in [2.75, 3.05) is 30.6 Å². The van der Waals surface area contributed by atoms with Gasteiger partial charge in [-0.1, -0.05) is 47.1 Å². The van der Waals surface area contributed by atoms with Gasteiger partial charge in [0, 0.05) is 35.2 Å². The summed E-state index contributed by atoms with van der Waals surface area (Å²) in [6, 6.07) is 16.4. The molecule has 3 fully saturated rings. The third-order valence-corrected chi connectivity index (χ3v) is 9.15. The van der Waals surface area contributed by atoms with Crippen LogP contribution in [0.15, 0.2) is 53.0 Å². The van der Waals surface area contributed by atoms with Crippen molar-refractivity contribution in [2.45, 2.75) is 43.1 Å². The number of benzene rings is 2. The van der Waals surface area contributed by atoms with Gasteiger partial charge in [0.15, 0.2) is 0 Å². The topological polar surface area (TPSA) is 69.6 Å². The lowest BCUT2D eigenvalue weighted by Crippen LogP contribution is -2.51. The number of rotatable bonds is 7. The van der Waals surface area contributed by atoms with Crippen LogP contribution in [-0.4, -0.2) is 49.9 Å². The minimum absolute atomic E-state index is 0.133. The van der Waals surface area contributed by atoms with Crippen LogP contribution in [0.1, 0.15) is 43.2 Å². The predicted molar refractivity (Wildman–Crippen MR) is 131 cm³/mol. The quantitative estimate of drug-likeness (QED) is 0.571. The van der Waals surface area contributed by atoms with E-state index < -0.39 is 15.6 Å². The maximum atomic E-state index is 11.6. The van der Waals surface area contributed by atoms with Crippen LogP contribution in [0.25, 0.3) is 0 Å². The highest BCUT2D eigenvalue weighted by Crippen LogP contribution is 2.66. The van der Waals surface area contributed by atoms with Crippen LogP contribution in [0.3, 0.4) is 0 Å². The van der Waals surface area contributed by atoms with Crippen molar-refractivity contribution >= 4 is 31.6 Å². The maximum Gasteiger partial charge on any atom is 0.229 e. The first-order valence-electron chi connectivity index (χ1n) is 11.4. The number of piperidine rings is 1. The molecule has 2 aliphatic carbocycles. The summed E-state index contributed by atoms with van der Waals surface area (Å²) < 4.78 is 27.0. The molecule has 0 amide bonds. The third kappa shape index (κ3) is 4.02. The number of fused-ring (bicyclic) bond motifs is 1. The normalized spacial score (nSPS) is 34.1. The van der Waals surface area contributed by atoms with Crippen LogP contribution < -0.4 is 4.72 Å². The monoisotopic (exact) mass is 518 g/mol. The van der Waals surface area contributed by atoms with Gasteiger partial charge in [-0.25, -0.2) is 8.42 Å². The summed E-state index contributed by atoms with van der Waals surface area (Å²) in [6.45, 7) is 5.01. The van der Waals surface area contributed by atoms with E-state index in [1.54, 1.807) is 0 Å². The van der Waals surface area contributed by atoms with Gasteiger partial charge in [-0.3, -0.25) is 9.62 Å². The molecular weight excluding hydrogens is 488 g/mol. The van der Waals surface area contributed by atoms with Crippen LogP contribution >= 0.6 is 15.9 Å². The molecule has 2 N–H and O–H groups in total. The van der Waals surface area contributed by atoms with Crippen molar-refractivity contribution in [1.82, 2.24) is 4.90 Å². The Bertz CT molecular complexity index is 1100. The first kappa shape index (κ1) is 22.4. The van der Waals surface area contributed by atoms with E-state index in [0.717, 1.165) is 43.4 Å². The number of anilines is 1. The van der Waals surface area contributed by atoms with Gasteiger partial charge in [-0.15, -0.1) is 0 Å². The molecule has 0 radical (unpaired) electrons. The molecule has 172 valence electrons. The van der Waals surface area contributed by atoms with Crippen LogP contribution in [-0.2, 0) is 15.4 Å². The van der Waals surface area contributed by atoms with E-state index in [9.17, 15) is 13.5 Å². The van der Waals surface area contributed by atoms with E-state index in [1.165, 1.54) is 17.4 Å². The molecule has 1 aliphatic heterocycles. The molecule has 5 nitrogen and oxygen atoms in total. The molecule has 5 rings (SSSR count). The number of aliphatic hydroxyl groups is 1. The fourth-order valence-electron chi connectivity index (χ4n) is 6.56. The van der Waals surface area contributed by atoms with E-state index in [4.69, 9.17) is 0 Å². The lowest BCUT2D eigenvalue weighted by molar-refractivity contribution is -0.0712. The lowest BCUT2D eigenvalue weighted by Gasteiger charge is -2.46. The SMILES string of the molecule is CCC1(c2cccc(NS(C)(=O)=O)c2)[C@@H]2CN(CC3(O)CC(c4ccc(Br)cc4)C3)C[C@@H]21. The highest BCUT2D eigenvalue weighted by atomic mass is 79.9. The van der Waals surface area contributed by atoms with E-state index >= 15 is 0 Å². The molecule has 0 spiro atoms. The number of nitrogens with zero attached hydrogens (tertiary/aromatic N) is 1. The van der Waals surface area contributed by atoms with Crippen LogP contribution in [0.5, 0.6) is 0 Å². The molecule has 2 aromatic carbocycles. The minimum atomic E-state index is -3.29. The summed E-state index contributed by atoms with van der Waals surface area (Å²) in [7, 11) is -3.29. The van der Waals surface area contributed by atoms with Gasteiger partial charge in [0.1, 0.15) is 0 Å². The van der Waals surface area contributed by atoms with Crippen molar-refractivity contribution in [3.63, 3.8) is 0 Å². The summed E-state index contributed by atoms with van der Waals surface area (Å²) >= 11 is 3.49. The molecule has 3 aliphatic rings.